The van der Waals surface area contributed by atoms with Crippen LogP contribution in [0.25, 0.3) is 6.08 Å². The minimum absolute atomic E-state index is 0.125. The van der Waals surface area contributed by atoms with Crippen LogP contribution in [-0.2, 0) is 9.53 Å². The molecule has 0 bridgehead atoms. The molecule has 0 radical (unpaired) electrons. The first-order valence-electron chi connectivity index (χ1n) is 9.32. The zero-order chi connectivity index (χ0) is 19.4. The van der Waals surface area contributed by atoms with Crippen LogP contribution in [0.1, 0.15) is 33.3 Å². The van der Waals surface area contributed by atoms with Crippen LogP contribution < -0.4 is 9.47 Å². The lowest BCUT2D eigenvalue weighted by Gasteiger charge is -2.35. The number of carbonyl (C=O) groups excluding carboxylic acids is 1. The van der Waals surface area contributed by atoms with Crippen molar-refractivity contribution in [1.82, 2.24) is 4.90 Å². The van der Waals surface area contributed by atoms with E-state index in [1.165, 1.54) is 11.8 Å². The first kappa shape index (κ1) is 19.8. The number of thioether (sulfide) groups is 1. The van der Waals surface area contributed by atoms with Gasteiger partial charge in [0.05, 0.1) is 30.3 Å². The van der Waals surface area contributed by atoms with Crippen LogP contribution in [0.5, 0.6) is 11.5 Å². The summed E-state index contributed by atoms with van der Waals surface area (Å²) < 4.78 is 17.0. The highest BCUT2D eigenvalue weighted by Crippen LogP contribution is 2.34. The van der Waals surface area contributed by atoms with Gasteiger partial charge < -0.3 is 19.1 Å². The standard InChI is InChI=1S/C20H26N2O4S/c1-5-24-16-8-7-15(9-17(16)25-6-2)10-18-19(23)21-20(27-18)22-11-13(3)26-14(4)12-22/h7-10,13-14H,5-6,11-12H2,1-4H3/b18-10+/t13-,14-/m1/s1. The lowest BCUT2D eigenvalue weighted by atomic mass is 10.2. The predicted molar refractivity (Wildman–Crippen MR) is 108 cm³/mol. The molecule has 1 amide bonds. The second-order valence-corrected chi connectivity index (χ2v) is 7.55. The van der Waals surface area contributed by atoms with E-state index in [4.69, 9.17) is 14.2 Å². The molecule has 3 rings (SSSR count). The molecule has 0 saturated carbocycles. The molecule has 0 unspecified atom stereocenters. The van der Waals surface area contributed by atoms with Gasteiger partial charge in [-0.15, -0.1) is 0 Å². The molecule has 1 saturated heterocycles. The van der Waals surface area contributed by atoms with Crippen molar-refractivity contribution in [2.24, 2.45) is 4.99 Å². The Morgan fingerprint density at radius 1 is 1.19 bits per heavy atom. The molecule has 2 aliphatic heterocycles. The highest BCUT2D eigenvalue weighted by molar-refractivity contribution is 8.18. The summed E-state index contributed by atoms with van der Waals surface area (Å²) >= 11 is 1.42. The number of hydrogen-bond acceptors (Lipinski definition) is 6. The summed E-state index contributed by atoms with van der Waals surface area (Å²) in [5, 5.41) is 0.754. The minimum Gasteiger partial charge on any atom is -0.490 e. The van der Waals surface area contributed by atoms with Crippen molar-refractivity contribution in [2.45, 2.75) is 39.9 Å². The van der Waals surface area contributed by atoms with E-state index in [9.17, 15) is 4.79 Å². The zero-order valence-electron chi connectivity index (χ0n) is 16.2. The normalized spacial score (nSPS) is 24.3. The van der Waals surface area contributed by atoms with Gasteiger partial charge in [0.25, 0.3) is 5.91 Å². The van der Waals surface area contributed by atoms with Gasteiger partial charge in [-0.1, -0.05) is 6.07 Å². The molecule has 146 valence electrons. The number of ether oxygens (including phenoxy) is 3. The Labute approximate surface area is 164 Å². The Morgan fingerprint density at radius 3 is 2.52 bits per heavy atom. The van der Waals surface area contributed by atoms with E-state index in [1.54, 1.807) is 0 Å². The molecule has 2 heterocycles. The molecule has 6 nitrogen and oxygen atoms in total. The molecular weight excluding hydrogens is 364 g/mol. The Kier molecular flexibility index (Phi) is 6.44. The van der Waals surface area contributed by atoms with Gasteiger partial charge in [-0.2, -0.15) is 4.99 Å². The van der Waals surface area contributed by atoms with E-state index in [0.717, 1.165) is 23.8 Å². The van der Waals surface area contributed by atoms with Gasteiger partial charge >= 0.3 is 0 Å². The summed E-state index contributed by atoms with van der Waals surface area (Å²) in [6.07, 6.45) is 2.11. The highest BCUT2D eigenvalue weighted by Gasteiger charge is 2.31. The number of nitrogens with zero attached hydrogens (tertiary/aromatic N) is 2. The molecule has 1 aromatic rings. The first-order valence-corrected chi connectivity index (χ1v) is 10.1. The number of amidine groups is 1. The quantitative estimate of drug-likeness (QED) is 0.717. The van der Waals surface area contributed by atoms with Gasteiger partial charge in [-0.05, 0) is 63.2 Å². The van der Waals surface area contributed by atoms with Crippen LogP contribution >= 0.6 is 11.8 Å². The fraction of sp³-hybridized carbons (Fsp3) is 0.500. The molecular formula is C20H26N2O4S. The number of aliphatic imine (C=N–C) groups is 1. The molecule has 1 aromatic carbocycles. The lowest BCUT2D eigenvalue weighted by Crippen LogP contribution is -2.47. The third-order valence-electron chi connectivity index (χ3n) is 4.16. The van der Waals surface area contributed by atoms with E-state index in [0.29, 0.717) is 29.6 Å². The maximum Gasteiger partial charge on any atom is 0.286 e. The molecule has 0 N–H and O–H groups in total. The summed E-state index contributed by atoms with van der Waals surface area (Å²) in [5.41, 5.74) is 0.887. The molecule has 0 spiro atoms. The monoisotopic (exact) mass is 390 g/mol. The van der Waals surface area contributed by atoms with E-state index < -0.39 is 0 Å². The van der Waals surface area contributed by atoms with Gasteiger partial charge in [0, 0.05) is 13.1 Å². The maximum atomic E-state index is 12.4. The van der Waals surface area contributed by atoms with Crippen molar-refractivity contribution in [3.05, 3.63) is 28.7 Å². The van der Waals surface area contributed by atoms with Crippen molar-refractivity contribution < 1.29 is 19.0 Å². The predicted octanol–water partition coefficient (Wildman–Crippen LogP) is 3.56. The van der Waals surface area contributed by atoms with Crippen LogP contribution in [0, 0.1) is 0 Å². The molecule has 0 aliphatic carbocycles. The van der Waals surface area contributed by atoms with Crippen molar-refractivity contribution in [3.8, 4) is 11.5 Å². The van der Waals surface area contributed by atoms with E-state index in [-0.39, 0.29) is 18.1 Å². The second kappa shape index (κ2) is 8.80. The Bertz CT molecular complexity index is 752. The minimum atomic E-state index is -0.200. The average Bonchev–Trinajstić information content (AvgIpc) is 2.97. The Morgan fingerprint density at radius 2 is 1.85 bits per heavy atom. The molecule has 2 atom stereocenters. The fourth-order valence-corrected chi connectivity index (χ4v) is 4.11. The third kappa shape index (κ3) is 4.84. The van der Waals surface area contributed by atoms with Crippen LogP contribution in [0.3, 0.4) is 0 Å². The van der Waals surface area contributed by atoms with Crippen LogP contribution in [0.15, 0.2) is 28.1 Å². The number of rotatable bonds is 5. The highest BCUT2D eigenvalue weighted by atomic mass is 32.2. The summed E-state index contributed by atoms with van der Waals surface area (Å²) in [4.78, 5) is 19.4. The third-order valence-corrected chi connectivity index (χ3v) is 5.21. The largest absolute Gasteiger partial charge is 0.490 e. The molecule has 2 aliphatic rings. The molecule has 1 fully saturated rings. The van der Waals surface area contributed by atoms with Gasteiger partial charge in [0.1, 0.15) is 0 Å². The Balaban J connectivity index is 1.76. The van der Waals surface area contributed by atoms with Crippen LogP contribution in [0.4, 0.5) is 0 Å². The van der Waals surface area contributed by atoms with Gasteiger partial charge in [0.2, 0.25) is 0 Å². The zero-order valence-corrected chi connectivity index (χ0v) is 17.0. The van der Waals surface area contributed by atoms with Crippen molar-refractivity contribution in [3.63, 3.8) is 0 Å². The van der Waals surface area contributed by atoms with Gasteiger partial charge in [-0.3, -0.25) is 4.79 Å². The SMILES string of the molecule is CCOc1ccc(/C=C2/SC(N3C[C@@H](C)O[C@H](C)C3)=NC2=O)cc1OCC. The van der Waals surface area contributed by atoms with Crippen molar-refractivity contribution >= 4 is 28.9 Å². The number of hydrogen-bond donors (Lipinski definition) is 0. The van der Waals surface area contributed by atoms with Gasteiger partial charge in [-0.25, -0.2) is 0 Å². The average molecular weight is 391 g/mol. The smallest absolute Gasteiger partial charge is 0.286 e. The van der Waals surface area contributed by atoms with Crippen LogP contribution in [-0.4, -0.2) is 54.5 Å². The molecule has 0 aromatic heterocycles. The summed E-state index contributed by atoms with van der Waals surface area (Å²) in [5.74, 6) is 1.19. The van der Waals surface area contributed by atoms with Gasteiger partial charge in [0.15, 0.2) is 16.7 Å². The van der Waals surface area contributed by atoms with E-state index >= 15 is 0 Å². The summed E-state index contributed by atoms with van der Waals surface area (Å²) in [6, 6.07) is 5.69. The van der Waals surface area contributed by atoms with E-state index in [2.05, 4.69) is 9.89 Å². The molecule has 7 heteroatoms. The molecule has 27 heavy (non-hydrogen) atoms. The Hall–Kier alpha value is -1.99. The summed E-state index contributed by atoms with van der Waals surface area (Å²) in [7, 11) is 0. The van der Waals surface area contributed by atoms with Crippen LogP contribution in [0.2, 0.25) is 0 Å². The topological polar surface area (TPSA) is 60.4 Å². The van der Waals surface area contributed by atoms with Crippen molar-refractivity contribution in [1.29, 1.82) is 0 Å². The number of carbonyl (C=O) groups is 1. The number of morpholine rings is 1. The first-order chi connectivity index (χ1) is 13.0. The fourth-order valence-electron chi connectivity index (χ4n) is 3.18. The van der Waals surface area contributed by atoms with Crippen molar-refractivity contribution in [2.75, 3.05) is 26.3 Å². The summed E-state index contributed by atoms with van der Waals surface area (Å²) in [6.45, 7) is 10.6. The number of benzene rings is 1. The number of amides is 1. The maximum absolute atomic E-state index is 12.4. The lowest BCUT2D eigenvalue weighted by molar-refractivity contribution is -0.113. The van der Waals surface area contributed by atoms with E-state index in [1.807, 2.05) is 52.0 Å². The second-order valence-electron chi connectivity index (χ2n) is 6.54.